The van der Waals surface area contributed by atoms with Gasteiger partial charge in [-0.15, -0.1) is 0 Å². The minimum atomic E-state index is -0.819. The van der Waals surface area contributed by atoms with E-state index in [4.69, 9.17) is 57.9 Å². The molecular formula is C14H12Cl4I2N2O2Pt. The van der Waals surface area contributed by atoms with Crippen LogP contribution in [0.1, 0.15) is 23.2 Å². The van der Waals surface area contributed by atoms with Crippen LogP contribution in [-0.4, -0.2) is 10.2 Å². The van der Waals surface area contributed by atoms with Crippen molar-refractivity contribution < 1.29 is 79.2 Å². The van der Waals surface area contributed by atoms with E-state index in [2.05, 4.69) is 0 Å². The Morgan fingerprint density at radius 3 is 1.04 bits per heavy atom. The summed E-state index contributed by atoms with van der Waals surface area (Å²) in [6.45, 7) is 0. The van der Waals surface area contributed by atoms with Crippen LogP contribution < -0.4 is 59.4 Å². The first-order valence-corrected chi connectivity index (χ1v) is 7.60. The van der Waals surface area contributed by atoms with Crippen molar-refractivity contribution in [1.29, 1.82) is 0 Å². The standard InChI is InChI=1S/C14H12Cl4N2O2.2HI.Pt/c15-7-1-5(21)2-8(16)11(7)13(19)14(20)12-9(17)3-6(22)4-10(12)18;;;/h1-4,13-14,21-22H,19-20H2;2*1H;/q;;;+2/p-2/t13-,14+;;;. The number of phenolic OH excluding ortho intramolecular Hbond substituents is 2. The Morgan fingerprint density at radius 1 is 0.640 bits per heavy atom. The molecule has 0 aromatic heterocycles. The zero-order chi connectivity index (χ0) is 16.6. The molecule has 0 aliphatic carbocycles. The SMILES string of the molecule is N[C@H](c1c(Cl)cc(O)cc1Cl)[C@@H](N)c1c(Cl)cc(O)cc1Cl.[I-].[I-].[Pt+2]. The van der Waals surface area contributed by atoms with Crippen LogP contribution in [0.5, 0.6) is 11.5 Å². The molecule has 2 aromatic carbocycles. The summed E-state index contributed by atoms with van der Waals surface area (Å²) in [7, 11) is 0. The second kappa shape index (κ2) is 12.0. The van der Waals surface area contributed by atoms with Gasteiger partial charge in [-0.1, -0.05) is 46.4 Å². The van der Waals surface area contributed by atoms with E-state index >= 15 is 0 Å². The third kappa shape index (κ3) is 6.68. The molecular weight excluding hydrogens is 819 g/mol. The summed E-state index contributed by atoms with van der Waals surface area (Å²) in [6, 6.07) is 3.62. The Morgan fingerprint density at radius 2 is 0.840 bits per heavy atom. The quantitative estimate of drug-likeness (QED) is 0.282. The Bertz CT molecular complexity index is 632. The molecule has 0 heterocycles. The summed E-state index contributed by atoms with van der Waals surface area (Å²) in [5, 5.41) is 19.6. The van der Waals surface area contributed by atoms with Crippen molar-refractivity contribution in [3.05, 3.63) is 55.5 Å². The molecule has 0 radical (unpaired) electrons. The van der Waals surface area contributed by atoms with E-state index in [0.29, 0.717) is 11.1 Å². The smallest absolute Gasteiger partial charge is 1.00 e. The van der Waals surface area contributed by atoms with Gasteiger partial charge in [-0.2, -0.15) is 0 Å². The van der Waals surface area contributed by atoms with Crippen molar-refractivity contribution in [2.45, 2.75) is 12.1 Å². The average Bonchev–Trinajstić information content (AvgIpc) is 2.35. The molecule has 0 spiro atoms. The van der Waals surface area contributed by atoms with Crippen LogP contribution in [0, 0.1) is 0 Å². The average molecular weight is 831 g/mol. The van der Waals surface area contributed by atoms with Crippen molar-refractivity contribution in [2.24, 2.45) is 11.5 Å². The van der Waals surface area contributed by atoms with Gasteiger partial charge in [0.25, 0.3) is 0 Å². The van der Waals surface area contributed by atoms with Gasteiger partial charge < -0.3 is 69.6 Å². The van der Waals surface area contributed by atoms with Gasteiger partial charge in [0.05, 0.1) is 32.2 Å². The van der Waals surface area contributed by atoms with Crippen molar-refractivity contribution >= 4 is 46.4 Å². The Balaban J connectivity index is 0. The molecule has 25 heavy (non-hydrogen) atoms. The molecule has 4 nitrogen and oxygen atoms in total. The second-order valence-electron chi connectivity index (χ2n) is 4.70. The Hall–Kier alpha value is 1.27. The molecule has 11 heteroatoms. The molecule has 2 atom stereocenters. The molecule has 0 aliphatic heterocycles. The minimum Gasteiger partial charge on any atom is -1.00 e. The monoisotopic (exact) mass is 829 g/mol. The second-order valence-corrected chi connectivity index (χ2v) is 6.33. The maximum absolute atomic E-state index is 9.46. The molecule has 142 valence electrons. The van der Waals surface area contributed by atoms with E-state index < -0.39 is 12.1 Å². The van der Waals surface area contributed by atoms with Crippen molar-refractivity contribution in [2.75, 3.05) is 0 Å². The topological polar surface area (TPSA) is 92.5 Å². The number of hydrogen-bond acceptors (Lipinski definition) is 4. The number of hydrogen-bond donors (Lipinski definition) is 4. The van der Waals surface area contributed by atoms with E-state index in [1.165, 1.54) is 24.3 Å². The molecule has 0 saturated heterocycles. The summed E-state index contributed by atoms with van der Waals surface area (Å²) in [5.41, 5.74) is 13.0. The van der Waals surface area contributed by atoms with E-state index in [1.807, 2.05) is 0 Å². The number of nitrogens with two attached hydrogens (primary N) is 2. The predicted molar refractivity (Wildman–Crippen MR) is 90.1 cm³/mol. The fourth-order valence-corrected chi connectivity index (χ4v) is 3.59. The third-order valence-corrected chi connectivity index (χ3v) is 4.43. The molecule has 0 amide bonds. The molecule has 2 rings (SSSR count). The molecule has 0 bridgehead atoms. The van der Waals surface area contributed by atoms with Gasteiger partial charge in [0.15, 0.2) is 0 Å². The van der Waals surface area contributed by atoms with Crippen LogP contribution in [0.25, 0.3) is 0 Å². The number of aromatic hydroxyl groups is 2. The minimum absolute atomic E-state index is 0. The van der Waals surface area contributed by atoms with Crippen LogP contribution in [0.4, 0.5) is 0 Å². The van der Waals surface area contributed by atoms with Crippen LogP contribution in [0.3, 0.4) is 0 Å². The van der Waals surface area contributed by atoms with Crippen LogP contribution in [0.2, 0.25) is 20.1 Å². The molecule has 2 aromatic rings. The van der Waals surface area contributed by atoms with Crippen molar-refractivity contribution in [3.63, 3.8) is 0 Å². The normalized spacial score (nSPS) is 12.2. The first-order chi connectivity index (χ1) is 10.2. The van der Waals surface area contributed by atoms with E-state index in [1.54, 1.807) is 0 Å². The number of phenols is 2. The molecule has 0 unspecified atom stereocenters. The van der Waals surface area contributed by atoms with E-state index in [-0.39, 0.29) is 101 Å². The predicted octanol–water partition coefficient (Wildman–Crippen LogP) is -1.58. The molecule has 0 aliphatic rings. The van der Waals surface area contributed by atoms with Crippen molar-refractivity contribution in [1.82, 2.24) is 0 Å². The summed E-state index contributed by atoms with van der Waals surface area (Å²) in [5.74, 6) is -0.166. The number of rotatable bonds is 3. The van der Waals surface area contributed by atoms with Crippen LogP contribution >= 0.6 is 46.4 Å². The first kappa shape index (κ1) is 28.5. The van der Waals surface area contributed by atoms with Crippen LogP contribution in [-0.2, 0) is 21.1 Å². The summed E-state index contributed by atoms with van der Waals surface area (Å²) < 4.78 is 0. The van der Waals surface area contributed by atoms with Crippen LogP contribution in [0.15, 0.2) is 24.3 Å². The first-order valence-electron chi connectivity index (χ1n) is 6.09. The summed E-state index contributed by atoms with van der Waals surface area (Å²) >= 11 is 24.3. The number of benzene rings is 2. The maximum atomic E-state index is 9.46. The zero-order valence-electron chi connectivity index (χ0n) is 12.1. The van der Waals surface area contributed by atoms with Gasteiger partial charge in [-0.25, -0.2) is 0 Å². The Kier molecular flexibility index (Phi) is 13.6. The fraction of sp³-hybridized carbons (Fsp3) is 0.143. The fourth-order valence-electron chi connectivity index (χ4n) is 2.14. The van der Waals surface area contributed by atoms with Gasteiger partial charge in [0.1, 0.15) is 11.5 Å². The zero-order valence-corrected chi connectivity index (χ0v) is 21.7. The van der Waals surface area contributed by atoms with Gasteiger partial charge >= 0.3 is 21.1 Å². The molecule has 6 N–H and O–H groups in total. The van der Waals surface area contributed by atoms with Gasteiger partial charge in [0.2, 0.25) is 0 Å². The van der Waals surface area contributed by atoms with Gasteiger partial charge in [0, 0.05) is 11.1 Å². The molecule has 0 fully saturated rings. The Labute approximate surface area is 213 Å². The number of halogens is 6. The van der Waals surface area contributed by atoms with E-state index in [0.717, 1.165) is 0 Å². The van der Waals surface area contributed by atoms with E-state index in [9.17, 15) is 10.2 Å². The maximum Gasteiger partial charge on any atom is 2.00 e. The summed E-state index contributed by atoms with van der Waals surface area (Å²) in [4.78, 5) is 0. The largest absolute Gasteiger partial charge is 2.00 e. The van der Waals surface area contributed by atoms with Gasteiger partial charge in [-0.05, 0) is 24.3 Å². The van der Waals surface area contributed by atoms with Crippen molar-refractivity contribution in [3.8, 4) is 11.5 Å². The molecule has 0 saturated carbocycles. The summed E-state index contributed by atoms with van der Waals surface area (Å²) in [6.07, 6.45) is 0. The third-order valence-electron chi connectivity index (χ3n) is 3.18. The van der Waals surface area contributed by atoms with Gasteiger partial charge in [-0.3, -0.25) is 0 Å².